The molecule has 124 valence electrons. The van der Waals surface area contributed by atoms with Crippen molar-refractivity contribution in [3.8, 4) is 0 Å². The van der Waals surface area contributed by atoms with Crippen LogP contribution < -0.4 is 16.0 Å². The lowest BCUT2D eigenvalue weighted by molar-refractivity contribution is -0.128. The van der Waals surface area contributed by atoms with Crippen LogP contribution in [0.25, 0.3) is 10.8 Å². The Morgan fingerprint density at radius 2 is 1.96 bits per heavy atom. The lowest BCUT2D eigenvalue weighted by Gasteiger charge is -2.37. The molecule has 0 aliphatic carbocycles. The second-order valence-electron chi connectivity index (χ2n) is 6.03. The summed E-state index contributed by atoms with van der Waals surface area (Å²) in [6, 6.07) is 10.1. The fourth-order valence-corrected chi connectivity index (χ4v) is 3.23. The average molecular weight is 325 g/mol. The number of anilines is 1. The fourth-order valence-electron chi connectivity index (χ4n) is 3.23. The van der Waals surface area contributed by atoms with Crippen molar-refractivity contribution in [1.29, 1.82) is 0 Å². The van der Waals surface area contributed by atoms with E-state index in [2.05, 4.69) is 5.32 Å². The van der Waals surface area contributed by atoms with E-state index >= 15 is 0 Å². The first-order valence-corrected chi connectivity index (χ1v) is 7.80. The van der Waals surface area contributed by atoms with E-state index in [9.17, 15) is 14.4 Å². The molecule has 0 bridgehead atoms. The Hall–Kier alpha value is -2.89. The van der Waals surface area contributed by atoms with Gasteiger partial charge in [-0.05, 0) is 29.3 Å². The van der Waals surface area contributed by atoms with E-state index in [0.717, 1.165) is 16.3 Å². The van der Waals surface area contributed by atoms with Gasteiger partial charge in [-0.25, -0.2) is 0 Å². The van der Waals surface area contributed by atoms with Crippen LogP contribution in [0.5, 0.6) is 0 Å². The number of fused-ring (bicyclic) bond motifs is 3. The lowest BCUT2D eigenvalue weighted by Crippen LogP contribution is -2.57. The highest BCUT2D eigenvalue weighted by molar-refractivity contribution is 6.08. The molecule has 0 aromatic heterocycles. The molecule has 2 aromatic rings. The van der Waals surface area contributed by atoms with Gasteiger partial charge >= 0.3 is 0 Å². The van der Waals surface area contributed by atoms with E-state index < -0.39 is 18.0 Å². The highest BCUT2D eigenvalue weighted by Gasteiger charge is 2.38. The van der Waals surface area contributed by atoms with E-state index in [1.54, 1.807) is 6.92 Å². The lowest BCUT2D eigenvalue weighted by atomic mass is 9.91. The first-order chi connectivity index (χ1) is 11.4. The first-order valence-electron chi connectivity index (χ1n) is 7.80. The van der Waals surface area contributed by atoms with Crippen molar-refractivity contribution >= 4 is 34.2 Å². The third-order valence-electron chi connectivity index (χ3n) is 4.40. The van der Waals surface area contributed by atoms with Crippen LogP contribution in [-0.2, 0) is 20.8 Å². The van der Waals surface area contributed by atoms with Gasteiger partial charge in [0.25, 0.3) is 5.91 Å². The van der Waals surface area contributed by atoms with E-state index in [0.29, 0.717) is 12.1 Å². The minimum absolute atomic E-state index is 0.288. The number of rotatable bonds is 3. The van der Waals surface area contributed by atoms with Gasteiger partial charge in [-0.3, -0.25) is 19.3 Å². The van der Waals surface area contributed by atoms with Crippen molar-refractivity contribution in [2.75, 3.05) is 4.90 Å². The molecule has 6 nitrogen and oxygen atoms in total. The van der Waals surface area contributed by atoms with Gasteiger partial charge in [0.1, 0.15) is 12.1 Å². The van der Waals surface area contributed by atoms with E-state index in [1.807, 2.05) is 36.4 Å². The SMILES string of the molecule is CC(=O)NC1Cc2c(ccc3ccccc23)N([C@@H](C)C(N)=O)C1=O. The predicted molar refractivity (Wildman–Crippen MR) is 91.4 cm³/mol. The molecule has 1 aliphatic heterocycles. The fraction of sp³-hybridized carbons (Fsp3) is 0.278. The summed E-state index contributed by atoms with van der Waals surface area (Å²) in [5, 5.41) is 4.72. The summed E-state index contributed by atoms with van der Waals surface area (Å²) in [4.78, 5) is 37.4. The molecular formula is C18H19N3O3. The van der Waals surface area contributed by atoms with Crippen molar-refractivity contribution in [2.45, 2.75) is 32.4 Å². The summed E-state index contributed by atoms with van der Waals surface area (Å²) in [7, 11) is 0. The summed E-state index contributed by atoms with van der Waals surface area (Å²) >= 11 is 0. The molecule has 6 heteroatoms. The summed E-state index contributed by atoms with van der Waals surface area (Å²) in [5.74, 6) is -1.20. The highest BCUT2D eigenvalue weighted by atomic mass is 16.2. The van der Waals surface area contributed by atoms with Crippen molar-refractivity contribution in [3.05, 3.63) is 42.0 Å². The van der Waals surface area contributed by atoms with E-state index in [-0.39, 0.29) is 11.8 Å². The molecule has 0 fully saturated rings. The molecule has 3 amide bonds. The number of hydrogen-bond donors (Lipinski definition) is 2. The number of carbonyl (C=O) groups is 3. The number of nitrogens with one attached hydrogen (secondary N) is 1. The largest absolute Gasteiger partial charge is 0.368 e. The van der Waals surface area contributed by atoms with Gasteiger partial charge in [0.2, 0.25) is 11.8 Å². The zero-order chi connectivity index (χ0) is 17.4. The Morgan fingerprint density at radius 3 is 2.62 bits per heavy atom. The maximum atomic E-state index is 12.8. The third-order valence-corrected chi connectivity index (χ3v) is 4.40. The molecule has 2 aromatic carbocycles. The van der Waals surface area contributed by atoms with Gasteiger partial charge in [-0.1, -0.05) is 30.3 Å². The van der Waals surface area contributed by atoms with Crippen molar-refractivity contribution in [3.63, 3.8) is 0 Å². The molecule has 0 saturated heterocycles. The Balaban J connectivity index is 2.20. The minimum Gasteiger partial charge on any atom is -0.368 e. The number of nitrogens with two attached hydrogens (primary N) is 1. The molecule has 3 rings (SSSR count). The molecule has 1 aliphatic rings. The standard InChI is InChI=1S/C18H19N3O3/c1-10(17(19)23)21-16-8-7-12-5-3-4-6-13(12)14(16)9-15(18(21)24)20-11(2)22/h3-8,10,15H,9H2,1-2H3,(H2,19,23)(H,20,22)/t10-,15?/m0/s1. The number of nitrogens with zero attached hydrogens (tertiary/aromatic N) is 1. The normalized spacial score (nSPS) is 18.2. The Bertz CT molecular complexity index is 847. The second kappa shape index (κ2) is 5.96. The summed E-state index contributed by atoms with van der Waals surface area (Å²) in [6.45, 7) is 2.96. The molecule has 0 spiro atoms. The molecule has 1 unspecified atom stereocenters. The molecule has 24 heavy (non-hydrogen) atoms. The minimum atomic E-state index is -0.797. The van der Waals surface area contributed by atoms with Gasteiger partial charge in [-0.2, -0.15) is 0 Å². The van der Waals surface area contributed by atoms with Crippen LogP contribution in [0.1, 0.15) is 19.4 Å². The van der Waals surface area contributed by atoms with Crippen molar-refractivity contribution in [2.24, 2.45) is 5.73 Å². The van der Waals surface area contributed by atoms with Crippen LogP contribution in [0.4, 0.5) is 5.69 Å². The smallest absolute Gasteiger partial charge is 0.250 e. The maximum absolute atomic E-state index is 12.8. The van der Waals surface area contributed by atoms with E-state index in [1.165, 1.54) is 11.8 Å². The van der Waals surface area contributed by atoms with Gasteiger partial charge in [0.05, 0.1) is 0 Å². The molecule has 0 radical (unpaired) electrons. The zero-order valence-corrected chi connectivity index (χ0v) is 13.6. The van der Waals surface area contributed by atoms with Gasteiger partial charge in [-0.15, -0.1) is 0 Å². The van der Waals surface area contributed by atoms with Crippen LogP contribution in [0.3, 0.4) is 0 Å². The highest BCUT2D eigenvalue weighted by Crippen LogP contribution is 2.35. The topological polar surface area (TPSA) is 92.5 Å². The Kier molecular flexibility index (Phi) is 3.97. The zero-order valence-electron chi connectivity index (χ0n) is 13.6. The summed E-state index contributed by atoms with van der Waals surface area (Å²) < 4.78 is 0. The van der Waals surface area contributed by atoms with Crippen LogP contribution in [0.15, 0.2) is 36.4 Å². The molecule has 3 N–H and O–H groups in total. The number of benzene rings is 2. The summed E-state index contributed by atoms with van der Waals surface area (Å²) in [5.41, 5.74) is 7.03. The van der Waals surface area contributed by atoms with Crippen LogP contribution in [-0.4, -0.2) is 29.8 Å². The van der Waals surface area contributed by atoms with Crippen LogP contribution in [0.2, 0.25) is 0 Å². The van der Waals surface area contributed by atoms with Gasteiger partial charge in [0, 0.05) is 19.0 Å². The summed E-state index contributed by atoms with van der Waals surface area (Å²) in [6.07, 6.45) is 0.386. The third kappa shape index (κ3) is 2.60. The molecule has 1 heterocycles. The van der Waals surface area contributed by atoms with Crippen LogP contribution >= 0.6 is 0 Å². The van der Waals surface area contributed by atoms with Gasteiger partial charge in [0.15, 0.2) is 0 Å². The van der Waals surface area contributed by atoms with Crippen molar-refractivity contribution < 1.29 is 14.4 Å². The number of primary amides is 1. The average Bonchev–Trinajstić information content (AvgIpc) is 2.54. The second-order valence-corrected chi connectivity index (χ2v) is 6.03. The molecule has 0 saturated carbocycles. The quantitative estimate of drug-likeness (QED) is 0.885. The molecule has 2 atom stereocenters. The molecular weight excluding hydrogens is 306 g/mol. The number of amides is 3. The van der Waals surface area contributed by atoms with Crippen molar-refractivity contribution in [1.82, 2.24) is 5.32 Å². The van der Waals surface area contributed by atoms with Gasteiger partial charge < -0.3 is 11.1 Å². The predicted octanol–water partition coefficient (Wildman–Crippen LogP) is 1.11. The maximum Gasteiger partial charge on any atom is 0.250 e. The number of carbonyl (C=O) groups excluding carboxylic acids is 3. The Labute approximate surface area is 139 Å². The first kappa shape index (κ1) is 16.0. The Morgan fingerprint density at radius 1 is 1.25 bits per heavy atom. The van der Waals surface area contributed by atoms with Crippen LogP contribution in [0, 0.1) is 0 Å². The number of hydrogen-bond acceptors (Lipinski definition) is 3. The monoisotopic (exact) mass is 325 g/mol. The van der Waals surface area contributed by atoms with E-state index in [4.69, 9.17) is 5.73 Å².